The lowest BCUT2D eigenvalue weighted by molar-refractivity contribution is -0.134. The molecule has 1 amide bonds. The van der Waals surface area contributed by atoms with Crippen LogP contribution < -0.4 is 10.1 Å². The summed E-state index contributed by atoms with van der Waals surface area (Å²) in [6.45, 7) is 3.11. The van der Waals surface area contributed by atoms with Gasteiger partial charge in [-0.3, -0.25) is 4.79 Å². The molecule has 0 spiro atoms. The normalized spacial score (nSPS) is 24.6. The van der Waals surface area contributed by atoms with E-state index in [1.54, 1.807) is 24.3 Å². The molecule has 5 rings (SSSR count). The number of amides is 1. The second-order valence-electron chi connectivity index (χ2n) is 6.83. The van der Waals surface area contributed by atoms with Gasteiger partial charge in [0.1, 0.15) is 10.6 Å². The zero-order valence-corrected chi connectivity index (χ0v) is 15.1. The molecule has 3 fully saturated rings. The molecule has 0 unspecified atom stereocenters. The number of benzene rings is 1. The highest BCUT2D eigenvalue weighted by molar-refractivity contribution is 7.13. The molecule has 1 N–H and O–H groups in total. The Hall–Kier alpha value is -2.13. The fourth-order valence-corrected chi connectivity index (χ4v) is 4.24. The maximum absolute atomic E-state index is 12.6. The van der Waals surface area contributed by atoms with Crippen LogP contribution in [0.1, 0.15) is 28.1 Å². The number of carbonyl (C=O) groups is 1. The van der Waals surface area contributed by atoms with Gasteiger partial charge in [-0.25, -0.2) is 4.98 Å². The highest BCUT2D eigenvalue weighted by Gasteiger charge is 2.35. The Kier molecular flexibility index (Phi) is 4.81. The van der Waals surface area contributed by atoms with Crippen molar-refractivity contribution in [1.82, 2.24) is 15.2 Å². The molecule has 5 nitrogen and oxygen atoms in total. The number of fused-ring (bicyclic) bond motifs is 3. The van der Waals surface area contributed by atoms with Crippen LogP contribution in [0.25, 0.3) is 0 Å². The van der Waals surface area contributed by atoms with Crippen LogP contribution in [-0.4, -0.2) is 41.5 Å². The second-order valence-corrected chi connectivity index (χ2v) is 7.83. The van der Waals surface area contributed by atoms with Gasteiger partial charge in [-0.05, 0) is 56.1 Å². The topological polar surface area (TPSA) is 54.5 Å². The Bertz CT molecular complexity index is 814. The van der Waals surface area contributed by atoms with Gasteiger partial charge in [0.15, 0.2) is 0 Å². The van der Waals surface area contributed by atoms with E-state index in [-0.39, 0.29) is 17.1 Å². The Balaban J connectivity index is 1.37. The molecule has 0 saturated carbocycles. The highest BCUT2D eigenvalue weighted by atomic mass is 32.1. The van der Waals surface area contributed by atoms with E-state index >= 15 is 0 Å². The quantitative estimate of drug-likeness (QED) is 0.853. The van der Waals surface area contributed by atoms with Crippen molar-refractivity contribution in [2.75, 3.05) is 19.6 Å². The van der Waals surface area contributed by atoms with E-state index in [2.05, 4.69) is 15.2 Å². The van der Waals surface area contributed by atoms with Crippen molar-refractivity contribution in [3.05, 3.63) is 40.9 Å². The minimum Gasteiger partial charge on any atom is -0.431 e. The van der Waals surface area contributed by atoms with Crippen LogP contribution in [0.3, 0.4) is 0 Å². The van der Waals surface area contributed by atoms with Gasteiger partial charge >= 0.3 is 6.18 Å². The van der Waals surface area contributed by atoms with Crippen LogP contribution >= 0.6 is 11.3 Å². The van der Waals surface area contributed by atoms with E-state index in [9.17, 15) is 18.0 Å². The summed E-state index contributed by atoms with van der Waals surface area (Å²) in [4.78, 5) is 17.6. The summed E-state index contributed by atoms with van der Waals surface area (Å²) in [6.07, 6.45) is -1.46. The smallest absolute Gasteiger partial charge is 0.427 e. The summed E-state index contributed by atoms with van der Waals surface area (Å²) in [5.74, 6) is 0.723. The van der Waals surface area contributed by atoms with Crippen LogP contribution in [0.15, 0.2) is 30.5 Å². The van der Waals surface area contributed by atoms with E-state index in [4.69, 9.17) is 4.74 Å². The van der Waals surface area contributed by atoms with E-state index in [1.807, 2.05) is 0 Å². The molecule has 1 aromatic heterocycles. The van der Waals surface area contributed by atoms with Gasteiger partial charge in [0.2, 0.25) is 0 Å². The van der Waals surface area contributed by atoms with Crippen LogP contribution in [-0.2, 0) is 6.18 Å². The first kappa shape index (κ1) is 18.2. The van der Waals surface area contributed by atoms with Gasteiger partial charge in [0.25, 0.3) is 11.1 Å². The van der Waals surface area contributed by atoms with E-state index in [1.165, 1.54) is 0 Å². The molecule has 4 heterocycles. The number of alkyl halides is 3. The maximum Gasteiger partial charge on any atom is 0.427 e. The largest absolute Gasteiger partial charge is 0.431 e. The predicted molar refractivity (Wildman–Crippen MR) is 94.1 cm³/mol. The lowest BCUT2D eigenvalue weighted by Gasteiger charge is -2.44. The summed E-state index contributed by atoms with van der Waals surface area (Å²) in [5, 5.41) is 3.01. The molecule has 27 heavy (non-hydrogen) atoms. The number of thiazole rings is 1. The van der Waals surface area contributed by atoms with Gasteiger partial charge in [0, 0.05) is 18.2 Å². The number of halogens is 3. The molecular formula is C18H18F3N3O2S. The number of carbonyl (C=O) groups excluding carboxylic acids is 1. The molecule has 2 aromatic rings. The first-order valence-corrected chi connectivity index (χ1v) is 9.54. The third-order valence-corrected chi connectivity index (χ3v) is 5.98. The lowest BCUT2D eigenvalue weighted by atomic mass is 9.84. The van der Waals surface area contributed by atoms with Gasteiger partial charge in [0.05, 0.1) is 6.20 Å². The monoisotopic (exact) mass is 397 g/mol. The van der Waals surface area contributed by atoms with Gasteiger partial charge in [-0.2, -0.15) is 13.2 Å². The summed E-state index contributed by atoms with van der Waals surface area (Å²) in [6, 6.07) is 6.49. The average molecular weight is 397 g/mol. The fraction of sp³-hybridized carbons (Fsp3) is 0.444. The van der Waals surface area contributed by atoms with Crippen molar-refractivity contribution in [3.8, 4) is 10.9 Å². The van der Waals surface area contributed by atoms with Gasteiger partial charge < -0.3 is 15.0 Å². The van der Waals surface area contributed by atoms with Crippen molar-refractivity contribution in [2.45, 2.75) is 25.1 Å². The van der Waals surface area contributed by atoms with Crippen molar-refractivity contribution in [2.24, 2.45) is 5.92 Å². The Morgan fingerprint density at radius 3 is 2.48 bits per heavy atom. The summed E-state index contributed by atoms with van der Waals surface area (Å²) in [7, 11) is 0. The fourth-order valence-electron chi connectivity index (χ4n) is 3.59. The number of hydrogen-bond donors (Lipinski definition) is 1. The zero-order valence-electron chi connectivity index (χ0n) is 14.3. The third kappa shape index (κ3) is 4.08. The zero-order chi connectivity index (χ0) is 19.0. The number of rotatable bonds is 4. The molecule has 3 aliphatic heterocycles. The number of piperidine rings is 3. The summed E-state index contributed by atoms with van der Waals surface area (Å²) < 4.78 is 43.1. The number of hydrogen-bond acceptors (Lipinski definition) is 5. The van der Waals surface area contributed by atoms with Crippen molar-refractivity contribution >= 4 is 17.2 Å². The van der Waals surface area contributed by atoms with Crippen molar-refractivity contribution in [3.63, 3.8) is 0 Å². The van der Waals surface area contributed by atoms with Gasteiger partial charge in [-0.1, -0.05) is 11.3 Å². The first-order chi connectivity index (χ1) is 12.9. The molecule has 2 bridgehead atoms. The first-order valence-electron chi connectivity index (χ1n) is 8.72. The Labute approximate surface area is 158 Å². The molecule has 3 aliphatic rings. The molecule has 3 saturated heterocycles. The van der Waals surface area contributed by atoms with Crippen LogP contribution in [0.2, 0.25) is 0 Å². The van der Waals surface area contributed by atoms with Crippen LogP contribution in [0.4, 0.5) is 13.2 Å². The SMILES string of the molecule is O=C(N[C@H]1CN2CCC1CC2)c1ccc(Oc2ncc(C(F)(F)F)s2)cc1. The van der Waals surface area contributed by atoms with Crippen molar-refractivity contribution in [1.29, 1.82) is 0 Å². The van der Waals surface area contributed by atoms with Crippen molar-refractivity contribution < 1.29 is 22.7 Å². The standard InChI is InChI=1S/C18H18F3N3O2S/c19-18(20,21)15-9-22-17(27-15)26-13-3-1-12(2-4-13)16(25)23-14-10-24-7-5-11(14)6-8-24/h1-4,9,11,14H,5-8,10H2,(H,23,25)/t14-/m0/s1. The maximum atomic E-state index is 12.6. The van der Waals surface area contributed by atoms with Crippen LogP contribution in [0, 0.1) is 5.92 Å². The number of ether oxygens (including phenoxy) is 1. The van der Waals surface area contributed by atoms with E-state index < -0.39 is 11.1 Å². The molecular weight excluding hydrogens is 379 g/mol. The predicted octanol–water partition coefficient (Wildman–Crippen LogP) is 3.78. The minimum absolute atomic E-state index is 0.0909. The van der Waals surface area contributed by atoms with Crippen LogP contribution in [0.5, 0.6) is 10.9 Å². The Morgan fingerprint density at radius 2 is 1.93 bits per heavy atom. The summed E-state index contributed by atoms with van der Waals surface area (Å²) in [5.41, 5.74) is 0.494. The molecule has 144 valence electrons. The molecule has 1 atom stereocenters. The molecule has 1 aromatic carbocycles. The number of aromatic nitrogens is 1. The lowest BCUT2D eigenvalue weighted by Crippen LogP contribution is -2.57. The number of nitrogens with zero attached hydrogens (tertiary/aromatic N) is 2. The molecule has 9 heteroatoms. The van der Waals surface area contributed by atoms with E-state index in [0.29, 0.717) is 28.6 Å². The minimum atomic E-state index is -4.43. The summed E-state index contributed by atoms with van der Waals surface area (Å²) >= 11 is 0.433. The highest BCUT2D eigenvalue weighted by Crippen LogP contribution is 2.37. The average Bonchev–Trinajstić information content (AvgIpc) is 3.12. The second kappa shape index (κ2) is 7.12. The molecule has 0 radical (unpaired) electrons. The number of nitrogens with one attached hydrogen (secondary N) is 1. The third-order valence-electron chi connectivity index (χ3n) is 5.06. The van der Waals surface area contributed by atoms with Gasteiger partial charge in [-0.15, -0.1) is 0 Å². The molecule has 0 aliphatic carbocycles. The Morgan fingerprint density at radius 1 is 1.22 bits per heavy atom. The van der Waals surface area contributed by atoms with E-state index in [0.717, 1.165) is 38.7 Å².